The number of halogens is 1. The molecule has 0 atom stereocenters. The molecular weight excluding hydrogens is 304 g/mol. The molecule has 4 heterocycles. The van der Waals surface area contributed by atoms with Gasteiger partial charge in [-0.2, -0.15) is 9.97 Å². The van der Waals surface area contributed by atoms with Crippen molar-refractivity contribution >= 4 is 28.6 Å². The van der Waals surface area contributed by atoms with Gasteiger partial charge < -0.3 is 19.5 Å². The van der Waals surface area contributed by atoms with Gasteiger partial charge in [0.1, 0.15) is 0 Å². The predicted octanol–water partition coefficient (Wildman–Crippen LogP) is 1.24. The quantitative estimate of drug-likeness (QED) is 0.839. The van der Waals surface area contributed by atoms with Gasteiger partial charge in [0.2, 0.25) is 5.28 Å². The molecule has 118 valence electrons. The smallest absolute Gasteiger partial charge is 0.226 e. The maximum Gasteiger partial charge on any atom is 0.226 e. The lowest BCUT2D eigenvalue weighted by Gasteiger charge is -2.28. The monoisotopic (exact) mass is 322 g/mol. The molecule has 0 bridgehead atoms. The normalized spacial score (nSPS) is 20.7. The van der Waals surface area contributed by atoms with Crippen molar-refractivity contribution < 1.29 is 4.74 Å². The fourth-order valence-corrected chi connectivity index (χ4v) is 3.38. The molecule has 0 amide bonds. The third kappa shape index (κ3) is 2.53. The van der Waals surface area contributed by atoms with Gasteiger partial charge in [0, 0.05) is 19.1 Å². The number of ether oxygens (including phenoxy) is 1. The summed E-state index contributed by atoms with van der Waals surface area (Å²) in [7, 11) is 0. The van der Waals surface area contributed by atoms with E-state index < -0.39 is 0 Å². The number of nitrogens with zero attached hydrogens (tertiary/aromatic N) is 5. The van der Waals surface area contributed by atoms with Crippen molar-refractivity contribution in [2.24, 2.45) is 0 Å². The number of fused-ring (bicyclic) bond motifs is 1. The maximum absolute atomic E-state index is 6.18. The SMILES string of the molecule is Clc1nc(N2CCOCC2)c2ncn(C3CCNCC3)c2n1. The largest absolute Gasteiger partial charge is 0.378 e. The van der Waals surface area contributed by atoms with Crippen LogP contribution in [0, 0.1) is 0 Å². The first-order chi connectivity index (χ1) is 10.8. The first-order valence-electron chi connectivity index (χ1n) is 7.76. The van der Waals surface area contributed by atoms with E-state index in [1.54, 1.807) is 0 Å². The maximum atomic E-state index is 6.18. The molecule has 1 N–H and O–H groups in total. The Kier molecular flexibility index (Phi) is 3.85. The molecule has 0 unspecified atom stereocenters. The minimum Gasteiger partial charge on any atom is -0.378 e. The van der Waals surface area contributed by atoms with Gasteiger partial charge in [0.05, 0.1) is 19.5 Å². The summed E-state index contributed by atoms with van der Waals surface area (Å²) >= 11 is 6.18. The zero-order valence-electron chi connectivity index (χ0n) is 12.3. The van der Waals surface area contributed by atoms with Gasteiger partial charge in [-0.25, -0.2) is 4.98 Å². The van der Waals surface area contributed by atoms with Crippen LogP contribution in [-0.2, 0) is 4.74 Å². The van der Waals surface area contributed by atoms with Crippen molar-refractivity contribution in [1.29, 1.82) is 0 Å². The highest BCUT2D eigenvalue weighted by Crippen LogP contribution is 2.29. The van der Waals surface area contributed by atoms with Gasteiger partial charge >= 0.3 is 0 Å². The van der Waals surface area contributed by atoms with Gasteiger partial charge in [-0.1, -0.05) is 0 Å². The molecule has 4 rings (SSSR count). The molecule has 0 radical (unpaired) electrons. The number of piperidine rings is 1. The third-order valence-corrected chi connectivity index (χ3v) is 4.56. The Morgan fingerprint density at radius 3 is 2.73 bits per heavy atom. The second kappa shape index (κ2) is 5.98. The second-order valence-electron chi connectivity index (χ2n) is 5.72. The Balaban J connectivity index is 1.76. The van der Waals surface area contributed by atoms with Gasteiger partial charge in [0.25, 0.3) is 0 Å². The number of anilines is 1. The molecule has 2 aliphatic heterocycles. The standard InChI is InChI=1S/C14H19ClN6O/c15-14-18-12(20-5-7-22-8-6-20)11-13(19-14)21(9-17-11)10-1-3-16-4-2-10/h9-10,16H,1-8H2. The van der Waals surface area contributed by atoms with Gasteiger partial charge in [-0.3, -0.25) is 0 Å². The van der Waals surface area contributed by atoms with E-state index in [9.17, 15) is 0 Å². The summed E-state index contributed by atoms with van der Waals surface area (Å²) in [6.45, 7) is 5.08. The molecule has 8 heteroatoms. The summed E-state index contributed by atoms with van der Waals surface area (Å²) in [6.07, 6.45) is 4.05. The zero-order valence-corrected chi connectivity index (χ0v) is 13.1. The molecule has 0 aromatic carbocycles. The van der Waals surface area contributed by atoms with Crippen molar-refractivity contribution in [2.75, 3.05) is 44.3 Å². The Labute approximate surface area is 133 Å². The number of nitrogens with one attached hydrogen (secondary N) is 1. The average molecular weight is 323 g/mol. The Hall–Kier alpha value is -1.44. The van der Waals surface area contributed by atoms with Crippen LogP contribution < -0.4 is 10.2 Å². The molecule has 2 fully saturated rings. The number of hydrogen-bond donors (Lipinski definition) is 1. The topological polar surface area (TPSA) is 68.1 Å². The molecular formula is C14H19ClN6O. The summed E-state index contributed by atoms with van der Waals surface area (Å²) in [5, 5.41) is 3.67. The molecule has 2 saturated heterocycles. The first-order valence-corrected chi connectivity index (χ1v) is 8.14. The third-order valence-electron chi connectivity index (χ3n) is 4.39. The zero-order chi connectivity index (χ0) is 14.9. The van der Waals surface area contributed by atoms with Crippen LogP contribution in [0.1, 0.15) is 18.9 Å². The molecule has 0 spiro atoms. The number of hydrogen-bond acceptors (Lipinski definition) is 6. The second-order valence-corrected chi connectivity index (χ2v) is 6.06. The Morgan fingerprint density at radius 1 is 1.18 bits per heavy atom. The fourth-order valence-electron chi connectivity index (χ4n) is 3.22. The first kappa shape index (κ1) is 14.2. The van der Waals surface area contributed by atoms with E-state index in [2.05, 4.69) is 29.7 Å². The summed E-state index contributed by atoms with van der Waals surface area (Å²) in [5.41, 5.74) is 1.68. The fraction of sp³-hybridized carbons (Fsp3) is 0.643. The van der Waals surface area contributed by atoms with Crippen molar-refractivity contribution in [2.45, 2.75) is 18.9 Å². The van der Waals surface area contributed by atoms with Crippen LogP contribution >= 0.6 is 11.6 Å². The van der Waals surface area contributed by atoms with Gasteiger partial charge in [0.15, 0.2) is 17.0 Å². The van der Waals surface area contributed by atoms with Crippen molar-refractivity contribution in [3.05, 3.63) is 11.6 Å². The Bertz CT molecular complexity index is 663. The highest BCUT2D eigenvalue weighted by Gasteiger charge is 2.23. The lowest BCUT2D eigenvalue weighted by atomic mass is 10.1. The lowest BCUT2D eigenvalue weighted by molar-refractivity contribution is 0.122. The Morgan fingerprint density at radius 2 is 1.95 bits per heavy atom. The van der Waals surface area contributed by atoms with E-state index >= 15 is 0 Å². The van der Waals surface area contributed by atoms with E-state index in [1.807, 2.05) is 6.33 Å². The van der Waals surface area contributed by atoms with Crippen LogP contribution in [0.5, 0.6) is 0 Å². The van der Waals surface area contributed by atoms with Crippen LogP contribution in [0.2, 0.25) is 5.28 Å². The molecule has 2 aliphatic rings. The molecule has 2 aromatic heterocycles. The van der Waals surface area contributed by atoms with Crippen molar-refractivity contribution in [1.82, 2.24) is 24.8 Å². The summed E-state index contributed by atoms with van der Waals surface area (Å²) in [5.74, 6) is 0.825. The molecule has 7 nitrogen and oxygen atoms in total. The van der Waals surface area contributed by atoms with Crippen LogP contribution in [0.3, 0.4) is 0 Å². The molecule has 0 saturated carbocycles. The highest BCUT2D eigenvalue weighted by molar-refractivity contribution is 6.28. The van der Waals surface area contributed by atoms with Crippen LogP contribution in [0.15, 0.2) is 6.33 Å². The molecule has 22 heavy (non-hydrogen) atoms. The van der Waals surface area contributed by atoms with Gasteiger partial charge in [-0.05, 0) is 37.5 Å². The van der Waals surface area contributed by atoms with Crippen LogP contribution in [-0.4, -0.2) is 58.9 Å². The van der Waals surface area contributed by atoms with Crippen molar-refractivity contribution in [3.8, 4) is 0 Å². The summed E-state index contributed by atoms with van der Waals surface area (Å²) in [6, 6.07) is 0.426. The predicted molar refractivity (Wildman–Crippen MR) is 84.5 cm³/mol. The van der Waals surface area contributed by atoms with E-state index in [1.165, 1.54) is 0 Å². The van der Waals surface area contributed by atoms with Crippen molar-refractivity contribution in [3.63, 3.8) is 0 Å². The summed E-state index contributed by atoms with van der Waals surface area (Å²) < 4.78 is 7.57. The van der Waals surface area contributed by atoms with Crippen LogP contribution in [0.4, 0.5) is 5.82 Å². The van der Waals surface area contributed by atoms with Gasteiger partial charge in [-0.15, -0.1) is 0 Å². The minimum absolute atomic E-state index is 0.282. The number of imidazole rings is 1. The van der Waals surface area contributed by atoms with E-state index in [0.717, 1.165) is 56.0 Å². The van der Waals surface area contributed by atoms with E-state index in [-0.39, 0.29) is 5.28 Å². The lowest BCUT2D eigenvalue weighted by Crippen LogP contribution is -2.37. The van der Waals surface area contributed by atoms with E-state index in [0.29, 0.717) is 19.3 Å². The molecule has 2 aromatic rings. The summed E-state index contributed by atoms with van der Waals surface area (Å²) in [4.78, 5) is 15.6. The average Bonchev–Trinajstić information content (AvgIpc) is 2.99. The minimum atomic E-state index is 0.282. The number of morpholine rings is 1. The van der Waals surface area contributed by atoms with E-state index in [4.69, 9.17) is 16.3 Å². The molecule has 0 aliphatic carbocycles. The number of aromatic nitrogens is 4. The van der Waals surface area contributed by atoms with Crippen LogP contribution in [0.25, 0.3) is 11.2 Å². The number of rotatable bonds is 2. The highest BCUT2D eigenvalue weighted by atomic mass is 35.5.